The van der Waals surface area contributed by atoms with Crippen LogP contribution in [0.1, 0.15) is 51.6 Å². The molecule has 1 aliphatic carbocycles. The van der Waals surface area contributed by atoms with E-state index in [1.54, 1.807) is 0 Å². The van der Waals surface area contributed by atoms with Crippen molar-refractivity contribution in [1.29, 1.82) is 0 Å². The van der Waals surface area contributed by atoms with Crippen molar-refractivity contribution in [3.05, 3.63) is 33.3 Å². The number of hydrogen-bond donors (Lipinski definition) is 1. The monoisotopic (exact) mass is 357 g/mol. The van der Waals surface area contributed by atoms with Gasteiger partial charge in [0.1, 0.15) is 0 Å². The fourth-order valence-corrected chi connectivity index (χ4v) is 4.40. The van der Waals surface area contributed by atoms with Crippen molar-refractivity contribution in [2.45, 2.75) is 46.1 Å². The summed E-state index contributed by atoms with van der Waals surface area (Å²) < 4.78 is 1.11. The third-order valence-electron chi connectivity index (χ3n) is 4.40. The minimum atomic E-state index is 0.371. The SMILES string of the molecule is CCNC(c1cc(Br)ccc1Cl)C1CC(C)CC(C)C1. The van der Waals surface area contributed by atoms with Crippen molar-refractivity contribution >= 4 is 27.5 Å². The summed E-state index contributed by atoms with van der Waals surface area (Å²) in [5, 5.41) is 4.55. The Labute approximate surface area is 136 Å². The predicted molar refractivity (Wildman–Crippen MR) is 91.2 cm³/mol. The van der Waals surface area contributed by atoms with E-state index >= 15 is 0 Å². The number of nitrogens with one attached hydrogen (secondary N) is 1. The van der Waals surface area contributed by atoms with Gasteiger partial charge in [0.25, 0.3) is 0 Å². The number of halogens is 2. The predicted octanol–water partition coefficient (Wildman–Crippen LogP) is 5.83. The van der Waals surface area contributed by atoms with Crippen LogP contribution in [0.4, 0.5) is 0 Å². The van der Waals surface area contributed by atoms with E-state index in [9.17, 15) is 0 Å². The van der Waals surface area contributed by atoms with Crippen LogP contribution in [-0.2, 0) is 0 Å². The van der Waals surface area contributed by atoms with Gasteiger partial charge in [0.05, 0.1) is 0 Å². The van der Waals surface area contributed by atoms with Crippen molar-refractivity contribution in [3.8, 4) is 0 Å². The van der Waals surface area contributed by atoms with Gasteiger partial charge in [-0.05, 0) is 67.3 Å². The summed E-state index contributed by atoms with van der Waals surface area (Å²) in [6.45, 7) is 7.92. The first kappa shape index (κ1) is 16.3. The summed E-state index contributed by atoms with van der Waals surface area (Å²) in [4.78, 5) is 0. The smallest absolute Gasteiger partial charge is 0.0454 e. The van der Waals surface area contributed by atoms with Gasteiger partial charge < -0.3 is 5.32 Å². The highest BCUT2D eigenvalue weighted by Crippen LogP contribution is 2.41. The zero-order valence-corrected chi connectivity index (χ0v) is 15.0. The van der Waals surface area contributed by atoms with Gasteiger partial charge in [0, 0.05) is 15.5 Å². The van der Waals surface area contributed by atoms with Crippen molar-refractivity contribution in [3.63, 3.8) is 0 Å². The molecule has 20 heavy (non-hydrogen) atoms. The maximum absolute atomic E-state index is 6.46. The largest absolute Gasteiger partial charge is 0.310 e. The maximum Gasteiger partial charge on any atom is 0.0454 e. The molecule has 3 atom stereocenters. The summed E-state index contributed by atoms with van der Waals surface area (Å²) >= 11 is 10.0. The number of rotatable bonds is 4. The molecule has 1 aliphatic rings. The molecule has 1 aromatic carbocycles. The van der Waals surface area contributed by atoms with Crippen molar-refractivity contribution in [2.24, 2.45) is 17.8 Å². The number of hydrogen-bond acceptors (Lipinski definition) is 1. The molecule has 0 heterocycles. The molecule has 0 aromatic heterocycles. The summed E-state index contributed by atoms with van der Waals surface area (Å²) in [6, 6.07) is 6.57. The molecule has 0 spiro atoms. The molecule has 1 aromatic rings. The molecule has 2 rings (SSSR count). The first-order chi connectivity index (χ1) is 9.51. The van der Waals surface area contributed by atoms with Gasteiger partial charge in [-0.3, -0.25) is 0 Å². The minimum absolute atomic E-state index is 0.371. The van der Waals surface area contributed by atoms with E-state index in [1.807, 2.05) is 12.1 Å². The van der Waals surface area contributed by atoms with Crippen LogP contribution in [0, 0.1) is 17.8 Å². The first-order valence-corrected chi connectivity index (χ1v) is 8.86. The average molecular weight is 359 g/mol. The van der Waals surface area contributed by atoms with E-state index in [-0.39, 0.29) is 0 Å². The molecule has 1 nitrogen and oxygen atoms in total. The Morgan fingerprint density at radius 3 is 2.50 bits per heavy atom. The Bertz CT molecular complexity index is 439. The van der Waals surface area contributed by atoms with E-state index in [4.69, 9.17) is 11.6 Å². The maximum atomic E-state index is 6.46. The Hall–Kier alpha value is -0.0500. The zero-order valence-electron chi connectivity index (χ0n) is 12.6. The van der Waals surface area contributed by atoms with Gasteiger partial charge in [0.2, 0.25) is 0 Å². The molecule has 0 radical (unpaired) electrons. The molecular weight excluding hydrogens is 334 g/mol. The molecule has 3 heteroatoms. The third-order valence-corrected chi connectivity index (χ3v) is 5.24. The summed E-state index contributed by atoms with van der Waals surface area (Å²) in [7, 11) is 0. The van der Waals surface area contributed by atoms with Crippen molar-refractivity contribution < 1.29 is 0 Å². The molecule has 0 amide bonds. The molecule has 112 valence electrons. The fourth-order valence-electron chi connectivity index (χ4n) is 3.78. The molecule has 0 saturated heterocycles. The summed E-state index contributed by atoms with van der Waals surface area (Å²) in [6.07, 6.45) is 3.96. The molecule has 1 saturated carbocycles. The van der Waals surface area contributed by atoms with Crippen LogP contribution in [0.15, 0.2) is 22.7 Å². The van der Waals surface area contributed by atoms with Gasteiger partial charge in [-0.15, -0.1) is 0 Å². The average Bonchev–Trinajstić information content (AvgIpc) is 2.38. The van der Waals surface area contributed by atoms with Gasteiger partial charge in [-0.25, -0.2) is 0 Å². The lowest BCUT2D eigenvalue weighted by Gasteiger charge is -2.37. The van der Waals surface area contributed by atoms with E-state index in [0.717, 1.165) is 27.9 Å². The molecule has 0 aliphatic heterocycles. The number of benzene rings is 1. The molecule has 0 bridgehead atoms. The van der Waals surface area contributed by atoms with Gasteiger partial charge in [-0.1, -0.05) is 48.3 Å². The van der Waals surface area contributed by atoms with Gasteiger partial charge in [0.15, 0.2) is 0 Å². The van der Waals surface area contributed by atoms with Crippen LogP contribution < -0.4 is 5.32 Å². The quantitative estimate of drug-likeness (QED) is 0.714. The summed E-state index contributed by atoms with van der Waals surface area (Å²) in [5.74, 6) is 2.31. The van der Waals surface area contributed by atoms with E-state index in [2.05, 4.69) is 48.1 Å². The lowest BCUT2D eigenvalue weighted by Crippen LogP contribution is -2.33. The topological polar surface area (TPSA) is 12.0 Å². The molecule has 3 unspecified atom stereocenters. The van der Waals surface area contributed by atoms with Crippen LogP contribution in [0.5, 0.6) is 0 Å². The van der Waals surface area contributed by atoms with Gasteiger partial charge >= 0.3 is 0 Å². The third kappa shape index (κ3) is 3.99. The fraction of sp³-hybridized carbons (Fsp3) is 0.647. The Morgan fingerprint density at radius 1 is 1.25 bits per heavy atom. The highest BCUT2D eigenvalue weighted by molar-refractivity contribution is 9.10. The second-order valence-electron chi connectivity index (χ2n) is 6.38. The highest BCUT2D eigenvalue weighted by Gasteiger charge is 2.31. The van der Waals surface area contributed by atoms with E-state index in [0.29, 0.717) is 12.0 Å². The second kappa shape index (κ2) is 7.29. The zero-order chi connectivity index (χ0) is 14.7. The Balaban J connectivity index is 2.28. The minimum Gasteiger partial charge on any atom is -0.310 e. The highest BCUT2D eigenvalue weighted by atomic mass is 79.9. The first-order valence-electron chi connectivity index (χ1n) is 7.69. The van der Waals surface area contributed by atoms with Crippen LogP contribution in [0.2, 0.25) is 5.02 Å². The Morgan fingerprint density at radius 2 is 1.90 bits per heavy atom. The van der Waals surface area contributed by atoms with E-state index in [1.165, 1.54) is 24.8 Å². The van der Waals surface area contributed by atoms with Crippen LogP contribution in [0.25, 0.3) is 0 Å². The lowest BCUT2D eigenvalue weighted by molar-refractivity contribution is 0.177. The summed E-state index contributed by atoms with van der Waals surface area (Å²) in [5.41, 5.74) is 1.24. The normalized spacial score (nSPS) is 28.4. The van der Waals surface area contributed by atoms with Crippen LogP contribution in [0.3, 0.4) is 0 Å². The van der Waals surface area contributed by atoms with Gasteiger partial charge in [-0.2, -0.15) is 0 Å². The van der Waals surface area contributed by atoms with Crippen molar-refractivity contribution in [1.82, 2.24) is 5.32 Å². The Kier molecular flexibility index (Phi) is 5.95. The molecule has 1 N–H and O–H groups in total. The molecule has 1 fully saturated rings. The van der Waals surface area contributed by atoms with E-state index < -0.39 is 0 Å². The van der Waals surface area contributed by atoms with Crippen LogP contribution >= 0.6 is 27.5 Å². The second-order valence-corrected chi connectivity index (χ2v) is 7.70. The molecular formula is C17H25BrClN. The standard InChI is InChI=1S/C17H25BrClN/c1-4-20-17(13-8-11(2)7-12(3)9-13)15-10-14(18)5-6-16(15)19/h5-6,10-13,17,20H,4,7-9H2,1-3H3. The lowest BCUT2D eigenvalue weighted by atomic mass is 9.72. The van der Waals surface area contributed by atoms with Crippen molar-refractivity contribution in [2.75, 3.05) is 6.54 Å². The van der Waals surface area contributed by atoms with Crippen LogP contribution in [-0.4, -0.2) is 6.54 Å².